The van der Waals surface area contributed by atoms with Gasteiger partial charge < -0.3 is 10.0 Å². The average Bonchev–Trinajstić information content (AvgIpc) is 2.49. The van der Waals surface area contributed by atoms with E-state index >= 15 is 0 Å². The maximum absolute atomic E-state index is 13.3. The zero-order chi connectivity index (χ0) is 14.4. The quantitative estimate of drug-likeness (QED) is 0.873. The zero-order valence-corrected chi connectivity index (χ0v) is 11.6. The summed E-state index contributed by atoms with van der Waals surface area (Å²) in [6.45, 7) is 2.68. The molecular weight excluding hydrogens is 255 g/mol. The number of aromatic nitrogens is 1. The van der Waals surface area contributed by atoms with E-state index in [1.54, 1.807) is 0 Å². The van der Waals surface area contributed by atoms with Gasteiger partial charge in [0.25, 0.3) is 0 Å². The van der Waals surface area contributed by atoms with E-state index in [2.05, 4.69) is 11.9 Å². The van der Waals surface area contributed by atoms with Gasteiger partial charge in [-0.15, -0.1) is 0 Å². The summed E-state index contributed by atoms with van der Waals surface area (Å²) in [6, 6.07) is 11.2. The molecule has 1 aromatic carbocycles. The van der Waals surface area contributed by atoms with Crippen LogP contribution in [0.5, 0.6) is 0 Å². The third kappa shape index (κ3) is 3.33. The topological polar surface area (TPSA) is 36.4 Å². The summed E-state index contributed by atoms with van der Waals surface area (Å²) >= 11 is 0. The minimum Gasteiger partial charge on any atom is -0.392 e. The molecule has 20 heavy (non-hydrogen) atoms. The number of rotatable bonds is 6. The summed E-state index contributed by atoms with van der Waals surface area (Å²) < 4.78 is 13.3. The lowest BCUT2D eigenvalue weighted by Gasteiger charge is -2.25. The molecule has 0 unspecified atom stereocenters. The normalized spacial score (nSPS) is 10.6. The molecule has 0 aliphatic rings. The van der Waals surface area contributed by atoms with Gasteiger partial charge in [-0.2, -0.15) is 0 Å². The second kappa shape index (κ2) is 7.01. The first-order valence-electron chi connectivity index (χ1n) is 6.84. The van der Waals surface area contributed by atoms with Gasteiger partial charge in [-0.25, -0.2) is 9.37 Å². The van der Waals surface area contributed by atoms with E-state index in [-0.39, 0.29) is 6.61 Å². The van der Waals surface area contributed by atoms with Crippen LogP contribution in [0.1, 0.15) is 25.3 Å². The Morgan fingerprint density at radius 3 is 2.65 bits per heavy atom. The minimum absolute atomic E-state index is 0.227. The Labute approximate surface area is 118 Å². The summed E-state index contributed by atoms with van der Waals surface area (Å²) in [7, 11) is 0. The van der Waals surface area contributed by atoms with Gasteiger partial charge in [0, 0.05) is 17.8 Å². The number of pyridine rings is 1. The van der Waals surface area contributed by atoms with Crippen molar-refractivity contribution in [1.29, 1.82) is 0 Å². The molecule has 0 aliphatic heterocycles. The number of halogens is 1. The first-order chi connectivity index (χ1) is 9.76. The van der Waals surface area contributed by atoms with Crippen molar-refractivity contribution in [3.05, 3.63) is 54.0 Å². The molecule has 4 heteroatoms. The molecule has 0 amide bonds. The third-order valence-electron chi connectivity index (χ3n) is 3.14. The highest BCUT2D eigenvalue weighted by molar-refractivity contribution is 5.62. The molecule has 0 atom stereocenters. The molecule has 2 aromatic rings. The standard InChI is InChI=1S/C16H19FN2O/c1-2-3-9-19(15-7-5-4-6-8-15)16-13(12-20)10-14(17)11-18-16/h4-8,10-11,20H,2-3,9,12H2,1H3. The fraction of sp³-hybridized carbons (Fsp3) is 0.312. The van der Waals surface area contributed by atoms with Crippen LogP contribution >= 0.6 is 0 Å². The first kappa shape index (κ1) is 14.5. The molecule has 0 fully saturated rings. The molecule has 2 rings (SSSR count). The number of hydrogen-bond acceptors (Lipinski definition) is 3. The Morgan fingerprint density at radius 2 is 2.00 bits per heavy atom. The molecule has 0 radical (unpaired) electrons. The van der Waals surface area contributed by atoms with E-state index in [1.165, 1.54) is 12.3 Å². The molecule has 0 spiro atoms. The van der Waals surface area contributed by atoms with Crippen LogP contribution in [0.25, 0.3) is 0 Å². The maximum Gasteiger partial charge on any atom is 0.142 e. The third-order valence-corrected chi connectivity index (χ3v) is 3.14. The second-order valence-corrected chi connectivity index (χ2v) is 4.64. The number of benzene rings is 1. The van der Waals surface area contributed by atoms with Crippen LogP contribution in [-0.2, 0) is 6.61 Å². The molecule has 0 aliphatic carbocycles. The Morgan fingerprint density at radius 1 is 1.25 bits per heavy atom. The van der Waals surface area contributed by atoms with Crippen LogP contribution in [0.15, 0.2) is 42.6 Å². The van der Waals surface area contributed by atoms with Crippen molar-refractivity contribution in [2.24, 2.45) is 0 Å². The molecule has 0 bridgehead atoms. The van der Waals surface area contributed by atoms with E-state index in [4.69, 9.17) is 0 Å². The van der Waals surface area contributed by atoms with Crippen molar-refractivity contribution in [2.45, 2.75) is 26.4 Å². The number of nitrogens with zero attached hydrogens (tertiary/aromatic N) is 2. The van der Waals surface area contributed by atoms with Gasteiger partial charge in [-0.3, -0.25) is 0 Å². The Hall–Kier alpha value is -1.94. The number of para-hydroxylation sites is 1. The number of aliphatic hydroxyl groups excluding tert-OH is 1. The lowest BCUT2D eigenvalue weighted by molar-refractivity contribution is 0.281. The van der Waals surface area contributed by atoms with Crippen molar-refractivity contribution in [2.75, 3.05) is 11.4 Å². The molecular formula is C16H19FN2O. The van der Waals surface area contributed by atoms with Crippen LogP contribution in [0, 0.1) is 5.82 Å². The molecule has 1 aromatic heterocycles. The first-order valence-corrected chi connectivity index (χ1v) is 6.84. The smallest absolute Gasteiger partial charge is 0.142 e. The molecule has 0 saturated carbocycles. The van der Waals surface area contributed by atoms with Crippen LogP contribution < -0.4 is 4.90 Å². The van der Waals surface area contributed by atoms with Crippen molar-refractivity contribution >= 4 is 11.5 Å². The lowest BCUT2D eigenvalue weighted by atomic mass is 10.2. The van der Waals surface area contributed by atoms with Crippen molar-refractivity contribution < 1.29 is 9.50 Å². The van der Waals surface area contributed by atoms with Crippen LogP contribution in [0.2, 0.25) is 0 Å². The van der Waals surface area contributed by atoms with E-state index in [9.17, 15) is 9.50 Å². The van der Waals surface area contributed by atoms with Gasteiger partial charge in [0.05, 0.1) is 12.8 Å². The predicted octanol–water partition coefficient (Wildman–Crippen LogP) is 3.65. The highest BCUT2D eigenvalue weighted by atomic mass is 19.1. The second-order valence-electron chi connectivity index (χ2n) is 4.64. The van der Waals surface area contributed by atoms with Crippen molar-refractivity contribution in [3.8, 4) is 0 Å². The van der Waals surface area contributed by atoms with Gasteiger partial charge in [-0.05, 0) is 24.6 Å². The molecule has 3 nitrogen and oxygen atoms in total. The number of aliphatic hydroxyl groups is 1. The number of unbranched alkanes of at least 4 members (excludes halogenated alkanes) is 1. The highest BCUT2D eigenvalue weighted by Gasteiger charge is 2.14. The molecule has 1 heterocycles. The largest absolute Gasteiger partial charge is 0.392 e. The highest BCUT2D eigenvalue weighted by Crippen LogP contribution is 2.27. The van der Waals surface area contributed by atoms with Crippen LogP contribution in [0.3, 0.4) is 0 Å². The maximum atomic E-state index is 13.3. The Kier molecular flexibility index (Phi) is 5.07. The SMILES string of the molecule is CCCCN(c1ccccc1)c1ncc(F)cc1CO. The summed E-state index contributed by atoms with van der Waals surface area (Å²) in [6.07, 6.45) is 3.24. The van der Waals surface area contributed by atoms with Crippen molar-refractivity contribution in [1.82, 2.24) is 4.98 Å². The number of anilines is 2. The summed E-state index contributed by atoms with van der Waals surface area (Å²) in [4.78, 5) is 6.19. The molecule has 0 saturated heterocycles. The van der Waals surface area contributed by atoms with Crippen LogP contribution in [-0.4, -0.2) is 16.6 Å². The van der Waals surface area contributed by atoms with Crippen molar-refractivity contribution in [3.63, 3.8) is 0 Å². The van der Waals surface area contributed by atoms with E-state index in [1.807, 2.05) is 35.2 Å². The van der Waals surface area contributed by atoms with E-state index < -0.39 is 5.82 Å². The molecule has 106 valence electrons. The fourth-order valence-corrected chi connectivity index (χ4v) is 2.11. The summed E-state index contributed by atoms with van der Waals surface area (Å²) in [5.74, 6) is 0.190. The average molecular weight is 274 g/mol. The van der Waals surface area contributed by atoms with Gasteiger partial charge in [0.2, 0.25) is 0 Å². The fourth-order valence-electron chi connectivity index (χ4n) is 2.11. The van der Waals surface area contributed by atoms with E-state index in [0.717, 1.165) is 25.1 Å². The van der Waals surface area contributed by atoms with Gasteiger partial charge >= 0.3 is 0 Å². The molecule has 1 N–H and O–H groups in total. The lowest BCUT2D eigenvalue weighted by Crippen LogP contribution is -2.21. The monoisotopic (exact) mass is 274 g/mol. The van der Waals surface area contributed by atoms with E-state index in [0.29, 0.717) is 11.4 Å². The predicted molar refractivity (Wildman–Crippen MR) is 78.5 cm³/mol. The Balaban J connectivity index is 2.41. The van der Waals surface area contributed by atoms with Gasteiger partial charge in [-0.1, -0.05) is 31.5 Å². The minimum atomic E-state index is -0.429. The zero-order valence-electron chi connectivity index (χ0n) is 11.6. The van der Waals surface area contributed by atoms with Gasteiger partial charge in [0.15, 0.2) is 0 Å². The summed E-state index contributed by atoms with van der Waals surface area (Å²) in [5, 5.41) is 9.43. The van der Waals surface area contributed by atoms with Crippen LogP contribution in [0.4, 0.5) is 15.9 Å². The van der Waals surface area contributed by atoms with Gasteiger partial charge in [0.1, 0.15) is 11.6 Å². The Bertz CT molecular complexity index is 545. The number of hydrogen-bond donors (Lipinski definition) is 1. The summed E-state index contributed by atoms with van der Waals surface area (Å²) in [5.41, 5.74) is 1.50.